The summed E-state index contributed by atoms with van der Waals surface area (Å²) in [5.74, 6) is 2.12. The number of piperazine rings is 1. The van der Waals surface area contributed by atoms with Gasteiger partial charge in [-0.05, 0) is 12.1 Å². The maximum atomic E-state index is 11.3. The smallest absolute Gasteiger partial charge is 0.223 e. The van der Waals surface area contributed by atoms with Crippen LogP contribution in [0.5, 0.6) is 0 Å². The topological polar surface area (TPSA) is 75.4 Å². The van der Waals surface area contributed by atoms with Gasteiger partial charge in [-0.1, -0.05) is 5.16 Å². The van der Waals surface area contributed by atoms with E-state index in [1.165, 1.54) is 0 Å². The standard InChI is InChI=1S/C14H17N5O2/c1-10-16-14(17-21-10)12-3-4-13(15-9-12)19-7-5-18(6-8-19)11(2)20/h3-4,9H,5-8H2,1-2H3. The van der Waals surface area contributed by atoms with Gasteiger partial charge in [0.15, 0.2) is 0 Å². The van der Waals surface area contributed by atoms with E-state index in [2.05, 4.69) is 20.0 Å². The molecule has 21 heavy (non-hydrogen) atoms. The number of pyridine rings is 1. The molecule has 3 heterocycles. The molecule has 0 spiro atoms. The molecular weight excluding hydrogens is 270 g/mol. The van der Waals surface area contributed by atoms with E-state index in [4.69, 9.17) is 4.52 Å². The third-order valence-electron chi connectivity index (χ3n) is 3.58. The van der Waals surface area contributed by atoms with Crippen molar-refractivity contribution in [3.05, 3.63) is 24.2 Å². The molecule has 1 amide bonds. The van der Waals surface area contributed by atoms with E-state index in [-0.39, 0.29) is 5.91 Å². The fourth-order valence-corrected chi connectivity index (χ4v) is 2.37. The second-order valence-electron chi connectivity index (χ2n) is 5.04. The van der Waals surface area contributed by atoms with Gasteiger partial charge in [0.05, 0.1) is 0 Å². The largest absolute Gasteiger partial charge is 0.353 e. The Morgan fingerprint density at radius 1 is 1.24 bits per heavy atom. The van der Waals surface area contributed by atoms with E-state index in [0.29, 0.717) is 11.7 Å². The lowest BCUT2D eigenvalue weighted by Crippen LogP contribution is -2.48. The van der Waals surface area contributed by atoms with Crippen LogP contribution in [0, 0.1) is 6.92 Å². The number of amides is 1. The highest BCUT2D eigenvalue weighted by atomic mass is 16.5. The first-order valence-electron chi connectivity index (χ1n) is 6.90. The zero-order valence-electron chi connectivity index (χ0n) is 12.1. The summed E-state index contributed by atoms with van der Waals surface area (Å²) in [5, 5.41) is 3.87. The minimum absolute atomic E-state index is 0.130. The number of aromatic nitrogens is 3. The third kappa shape index (κ3) is 2.86. The summed E-state index contributed by atoms with van der Waals surface area (Å²) >= 11 is 0. The first kappa shape index (κ1) is 13.5. The second kappa shape index (κ2) is 5.51. The molecule has 7 nitrogen and oxygen atoms in total. The Labute approximate surface area is 122 Å². The zero-order chi connectivity index (χ0) is 14.8. The number of nitrogens with zero attached hydrogens (tertiary/aromatic N) is 5. The Hall–Kier alpha value is -2.44. The lowest BCUT2D eigenvalue weighted by molar-refractivity contribution is -0.129. The number of carbonyl (C=O) groups is 1. The molecule has 0 aliphatic carbocycles. The molecule has 2 aromatic rings. The molecule has 110 valence electrons. The van der Waals surface area contributed by atoms with Gasteiger partial charge in [-0.2, -0.15) is 4.98 Å². The first-order chi connectivity index (χ1) is 10.1. The fourth-order valence-electron chi connectivity index (χ4n) is 2.37. The molecule has 7 heteroatoms. The summed E-state index contributed by atoms with van der Waals surface area (Å²) < 4.78 is 4.96. The summed E-state index contributed by atoms with van der Waals surface area (Å²) in [6, 6.07) is 3.88. The maximum absolute atomic E-state index is 11.3. The zero-order valence-corrected chi connectivity index (χ0v) is 12.1. The monoisotopic (exact) mass is 287 g/mol. The van der Waals surface area contributed by atoms with Gasteiger partial charge in [0.2, 0.25) is 17.6 Å². The molecule has 2 aromatic heterocycles. The molecule has 0 atom stereocenters. The molecule has 1 aliphatic rings. The Bertz CT molecular complexity index is 629. The van der Waals surface area contributed by atoms with Crippen molar-refractivity contribution in [2.45, 2.75) is 13.8 Å². The van der Waals surface area contributed by atoms with E-state index in [9.17, 15) is 4.79 Å². The number of hydrogen-bond donors (Lipinski definition) is 0. The number of carbonyl (C=O) groups excluding carboxylic acids is 1. The molecule has 1 saturated heterocycles. The highest BCUT2D eigenvalue weighted by Gasteiger charge is 2.19. The number of aryl methyl sites for hydroxylation is 1. The Balaban J connectivity index is 1.69. The Kier molecular flexibility index (Phi) is 3.55. The van der Waals surface area contributed by atoms with Gasteiger partial charge in [-0.3, -0.25) is 4.79 Å². The van der Waals surface area contributed by atoms with Gasteiger partial charge in [-0.15, -0.1) is 0 Å². The molecule has 0 radical (unpaired) electrons. The van der Waals surface area contributed by atoms with Crippen LogP contribution in [-0.4, -0.2) is 52.1 Å². The highest BCUT2D eigenvalue weighted by molar-refractivity contribution is 5.73. The van der Waals surface area contributed by atoms with Crippen molar-refractivity contribution in [2.24, 2.45) is 0 Å². The number of hydrogen-bond acceptors (Lipinski definition) is 6. The van der Waals surface area contributed by atoms with E-state index in [0.717, 1.165) is 37.6 Å². The molecule has 3 rings (SSSR count). The number of anilines is 1. The highest BCUT2D eigenvalue weighted by Crippen LogP contribution is 2.19. The van der Waals surface area contributed by atoms with E-state index < -0.39 is 0 Å². The van der Waals surface area contributed by atoms with Gasteiger partial charge in [0.1, 0.15) is 5.82 Å². The van der Waals surface area contributed by atoms with Crippen LogP contribution in [0.4, 0.5) is 5.82 Å². The summed E-state index contributed by atoms with van der Waals surface area (Å²) in [6.07, 6.45) is 1.75. The van der Waals surface area contributed by atoms with E-state index in [1.807, 2.05) is 17.0 Å². The lowest BCUT2D eigenvalue weighted by Gasteiger charge is -2.34. The summed E-state index contributed by atoms with van der Waals surface area (Å²) in [7, 11) is 0. The molecule has 0 unspecified atom stereocenters. The van der Waals surface area contributed by atoms with Crippen LogP contribution in [-0.2, 0) is 4.79 Å². The van der Waals surface area contributed by atoms with Gasteiger partial charge >= 0.3 is 0 Å². The molecule has 0 saturated carbocycles. The predicted octanol–water partition coefficient (Wildman–Crippen LogP) is 1.11. The summed E-state index contributed by atoms with van der Waals surface area (Å²) in [4.78, 5) is 24.0. The molecular formula is C14H17N5O2. The van der Waals surface area contributed by atoms with Crippen LogP contribution >= 0.6 is 0 Å². The average molecular weight is 287 g/mol. The van der Waals surface area contributed by atoms with Crippen LogP contribution in [0.2, 0.25) is 0 Å². The van der Waals surface area contributed by atoms with Crippen LogP contribution in [0.3, 0.4) is 0 Å². The second-order valence-corrected chi connectivity index (χ2v) is 5.04. The Morgan fingerprint density at radius 3 is 2.52 bits per heavy atom. The van der Waals surface area contributed by atoms with Crippen LogP contribution in [0.1, 0.15) is 12.8 Å². The van der Waals surface area contributed by atoms with Gasteiger partial charge in [-0.25, -0.2) is 4.98 Å². The predicted molar refractivity (Wildman–Crippen MR) is 76.7 cm³/mol. The molecule has 0 bridgehead atoms. The Morgan fingerprint density at radius 2 is 2.00 bits per heavy atom. The van der Waals surface area contributed by atoms with Gasteiger partial charge in [0.25, 0.3) is 0 Å². The van der Waals surface area contributed by atoms with Crippen molar-refractivity contribution in [1.82, 2.24) is 20.0 Å². The van der Waals surface area contributed by atoms with Crippen molar-refractivity contribution < 1.29 is 9.32 Å². The van der Waals surface area contributed by atoms with Crippen LogP contribution in [0.25, 0.3) is 11.4 Å². The average Bonchev–Trinajstić information content (AvgIpc) is 2.94. The van der Waals surface area contributed by atoms with Crippen molar-refractivity contribution in [2.75, 3.05) is 31.1 Å². The van der Waals surface area contributed by atoms with Crippen molar-refractivity contribution >= 4 is 11.7 Å². The first-order valence-corrected chi connectivity index (χ1v) is 6.90. The fraction of sp³-hybridized carbons (Fsp3) is 0.429. The van der Waals surface area contributed by atoms with Gasteiger partial charge < -0.3 is 14.3 Å². The van der Waals surface area contributed by atoms with Crippen molar-refractivity contribution in [3.8, 4) is 11.4 Å². The molecule has 0 N–H and O–H groups in total. The maximum Gasteiger partial charge on any atom is 0.223 e. The lowest BCUT2D eigenvalue weighted by atomic mass is 10.2. The normalized spacial score (nSPS) is 15.3. The molecule has 1 fully saturated rings. The van der Waals surface area contributed by atoms with Crippen molar-refractivity contribution in [1.29, 1.82) is 0 Å². The SMILES string of the molecule is CC(=O)N1CCN(c2ccc(-c3noc(C)n3)cn2)CC1. The van der Waals surface area contributed by atoms with Gasteiger partial charge in [0, 0.05) is 51.8 Å². The molecule has 1 aliphatic heterocycles. The minimum atomic E-state index is 0.130. The number of rotatable bonds is 2. The van der Waals surface area contributed by atoms with E-state index >= 15 is 0 Å². The molecule has 0 aromatic carbocycles. The van der Waals surface area contributed by atoms with Crippen LogP contribution in [0.15, 0.2) is 22.9 Å². The van der Waals surface area contributed by atoms with Crippen LogP contribution < -0.4 is 4.90 Å². The summed E-state index contributed by atoms with van der Waals surface area (Å²) in [5.41, 5.74) is 0.831. The quantitative estimate of drug-likeness (QED) is 0.823. The van der Waals surface area contributed by atoms with Crippen molar-refractivity contribution in [3.63, 3.8) is 0 Å². The minimum Gasteiger partial charge on any atom is -0.353 e. The summed E-state index contributed by atoms with van der Waals surface area (Å²) in [6.45, 7) is 6.44. The van der Waals surface area contributed by atoms with E-state index in [1.54, 1.807) is 20.0 Å². The third-order valence-corrected chi connectivity index (χ3v) is 3.58.